The minimum atomic E-state index is -1.16. The first-order chi connectivity index (χ1) is 7.63. The van der Waals surface area contributed by atoms with Gasteiger partial charge in [0.1, 0.15) is 11.8 Å². The SMILES string of the molecule is CCOc1c(OC)cc(C=O)cc1C(=O)O.[CaH2]. The van der Waals surface area contributed by atoms with E-state index in [1.54, 1.807) is 6.92 Å². The second-order valence-electron chi connectivity index (χ2n) is 2.96. The third-order valence-electron chi connectivity index (χ3n) is 1.95. The van der Waals surface area contributed by atoms with Gasteiger partial charge in [-0.2, -0.15) is 0 Å². The molecule has 90 valence electrons. The average molecular weight is 266 g/mol. The Kier molecular flexibility index (Phi) is 7.18. The Morgan fingerprint density at radius 2 is 2.12 bits per heavy atom. The Hall–Kier alpha value is -0.780. The molecule has 0 fully saturated rings. The van der Waals surface area contributed by atoms with Crippen LogP contribution in [0.4, 0.5) is 0 Å². The first-order valence-electron chi connectivity index (χ1n) is 4.67. The minimum absolute atomic E-state index is 0. The number of benzene rings is 1. The number of hydrogen-bond acceptors (Lipinski definition) is 4. The van der Waals surface area contributed by atoms with Crippen LogP contribution in [-0.4, -0.2) is 68.8 Å². The van der Waals surface area contributed by atoms with Gasteiger partial charge in [-0.1, -0.05) is 0 Å². The van der Waals surface area contributed by atoms with Crippen molar-refractivity contribution in [3.8, 4) is 11.5 Å². The molecule has 1 N–H and O–H groups in total. The number of carbonyl (C=O) groups is 2. The molecule has 0 aliphatic rings. The molecule has 1 rings (SSSR count). The van der Waals surface area contributed by atoms with E-state index in [0.29, 0.717) is 12.9 Å². The van der Waals surface area contributed by atoms with Crippen LogP contribution >= 0.6 is 0 Å². The molecule has 0 amide bonds. The molecule has 0 heterocycles. The molecule has 1 aromatic carbocycles. The zero-order valence-corrected chi connectivity index (χ0v) is 9.02. The van der Waals surface area contributed by atoms with Gasteiger partial charge in [-0.25, -0.2) is 4.79 Å². The molecule has 6 heteroatoms. The zero-order chi connectivity index (χ0) is 12.1. The number of carbonyl (C=O) groups excluding carboxylic acids is 1. The van der Waals surface area contributed by atoms with Crippen LogP contribution in [0.1, 0.15) is 27.6 Å². The monoisotopic (exact) mass is 266 g/mol. The van der Waals surface area contributed by atoms with E-state index < -0.39 is 5.97 Å². The summed E-state index contributed by atoms with van der Waals surface area (Å²) in [4.78, 5) is 21.6. The first kappa shape index (κ1) is 16.2. The summed E-state index contributed by atoms with van der Waals surface area (Å²) in [6, 6.07) is 2.69. The first-order valence-corrected chi connectivity index (χ1v) is 4.67. The van der Waals surface area contributed by atoms with Gasteiger partial charge < -0.3 is 14.6 Å². The van der Waals surface area contributed by atoms with E-state index in [0.717, 1.165) is 0 Å². The molecule has 0 aliphatic heterocycles. The average Bonchev–Trinajstić information content (AvgIpc) is 2.29. The molecular formula is C11H14CaO5. The second-order valence-corrected chi connectivity index (χ2v) is 2.96. The van der Waals surface area contributed by atoms with Crippen molar-refractivity contribution >= 4 is 50.0 Å². The number of carboxylic acid groups (broad SMARTS) is 1. The summed E-state index contributed by atoms with van der Waals surface area (Å²) in [5.41, 5.74) is 0.154. The Morgan fingerprint density at radius 1 is 1.47 bits per heavy atom. The Labute approximate surface area is 129 Å². The van der Waals surface area contributed by atoms with Crippen LogP contribution < -0.4 is 9.47 Å². The van der Waals surface area contributed by atoms with Gasteiger partial charge in [0.25, 0.3) is 0 Å². The van der Waals surface area contributed by atoms with Crippen LogP contribution in [-0.2, 0) is 0 Å². The van der Waals surface area contributed by atoms with Crippen LogP contribution in [0.25, 0.3) is 0 Å². The van der Waals surface area contributed by atoms with E-state index in [2.05, 4.69) is 0 Å². The molecular weight excluding hydrogens is 252 g/mol. The van der Waals surface area contributed by atoms with Crippen molar-refractivity contribution in [1.82, 2.24) is 0 Å². The molecule has 0 saturated carbocycles. The predicted octanol–water partition coefficient (Wildman–Crippen LogP) is 0.688. The zero-order valence-electron chi connectivity index (χ0n) is 9.02. The third-order valence-corrected chi connectivity index (χ3v) is 1.95. The van der Waals surface area contributed by atoms with Gasteiger partial charge in [-0.15, -0.1) is 0 Å². The molecule has 0 unspecified atom stereocenters. The normalized spacial score (nSPS) is 9.06. The molecule has 0 aromatic heterocycles. The maximum absolute atomic E-state index is 11.0. The molecule has 1 aromatic rings. The van der Waals surface area contributed by atoms with Gasteiger partial charge in [0, 0.05) is 5.56 Å². The van der Waals surface area contributed by atoms with Crippen molar-refractivity contribution in [2.45, 2.75) is 6.92 Å². The fourth-order valence-electron chi connectivity index (χ4n) is 1.30. The summed E-state index contributed by atoms with van der Waals surface area (Å²) >= 11 is 0. The second kappa shape index (κ2) is 7.53. The molecule has 5 nitrogen and oxygen atoms in total. The molecule has 0 bridgehead atoms. The van der Waals surface area contributed by atoms with Crippen LogP contribution in [0.5, 0.6) is 11.5 Å². The fraction of sp³-hybridized carbons (Fsp3) is 0.273. The van der Waals surface area contributed by atoms with E-state index in [-0.39, 0.29) is 60.4 Å². The van der Waals surface area contributed by atoms with Gasteiger partial charge in [-0.05, 0) is 19.1 Å². The number of hydrogen-bond donors (Lipinski definition) is 1. The van der Waals surface area contributed by atoms with E-state index in [9.17, 15) is 9.59 Å². The molecule has 0 atom stereocenters. The van der Waals surface area contributed by atoms with Gasteiger partial charge in [0.05, 0.1) is 13.7 Å². The van der Waals surface area contributed by atoms with Gasteiger partial charge in [0.2, 0.25) is 0 Å². The molecule has 0 saturated heterocycles. The van der Waals surface area contributed by atoms with Crippen molar-refractivity contribution < 1.29 is 24.2 Å². The van der Waals surface area contributed by atoms with Crippen LogP contribution in [0, 0.1) is 0 Å². The Balaban J connectivity index is 0.00000256. The van der Waals surface area contributed by atoms with Crippen molar-refractivity contribution in [3.63, 3.8) is 0 Å². The topological polar surface area (TPSA) is 72.8 Å². The summed E-state index contributed by atoms with van der Waals surface area (Å²) in [5.74, 6) is -0.780. The van der Waals surface area contributed by atoms with E-state index in [4.69, 9.17) is 14.6 Å². The van der Waals surface area contributed by atoms with Crippen molar-refractivity contribution in [2.24, 2.45) is 0 Å². The summed E-state index contributed by atoms with van der Waals surface area (Å²) in [6.45, 7) is 2.05. The summed E-state index contributed by atoms with van der Waals surface area (Å²) in [7, 11) is 1.39. The molecule has 0 aliphatic carbocycles. The Morgan fingerprint density at radius 3 is 2.53 bits per heavy atom. The quantitative estimate of drug-likeness (QED) is 0.627. The van der Waals surface area contributed by atoms with Crippen LogP contribution in [0.3, 0.4) is 0 Å². The number of carboxylic acids is 1. The van der Waals surface area contributed by atoms with E-state index >= 15 is 0 Å². The maximum atomic E-state index is 11.0. The fourth-order valence-corrected chi connectivity index (χ4v) is 1.30. The molecule has 0 spiro atoms. The van der Waals surface area contributed by atoms with Gasteiger partial charge >= 0.3 is 43.7 Å². The predicted molar refractivity (Wildman–Crippen MR) is 65.1 cm³/mol. The van der Waals surface area contributed by atoms with Crippen molar-refractivity contribution in [3.05, 3.63) is 23.3 Å². The number of ether oxygens (including phenoxy) is 2. The number of rotatable bonds is 5. The van der Waals surface area contributed by atoms with E-state index in [1.165, 1.54) is 19.2 Å². The standard InChI is InChI=1S/C11H12O5.Ca.2H/c1-3-16-10-8(11(13)14)4-7(6-12)5-9(10)15-2;;;/h4-6H,3H2,1-2H3,(H,13,14);;;. The van der Waals surface area contributed by atoms with Crippen LogP contribution in [0.2, 0.25) is 0 Å². The van der Waals surface area contributed by atoms with E-state index in [1.807, 2.05) is 0 Å². The molecule has 0 radical (unpaired) electrons. The Bertz CT molecular complexity index is 417. The summed E-state index contributed by atoms with van der Waals surface area (Å²) in [6.07, 6.45) is 0.560. The van der Waals surface area contributed by atoms with Crippen LogP contribution in [0.15, 0.2) is 12.1 Å². The van der Waals surface area contributed by atoms with Gasteiger partial charge in [0.15, 0.2) is 11.5 Å². The summed E-state index contributed by atoms with van der Waals surface area (Å²) in [5, 5.41) is 8.98. The number of aldehydes is 1. The number of methoxy groups -OCH3 is 1. The summed E-state index contributed by atoms with van der Waals surface area (Å²) < 4.78 is 10.2. The van der Waals surface area contributed by atoms with Gasteiger partial charge in [-0.3, -0.25) is 4.79 Å². The number of aromatic carboxylic acids is 1. The van der Waals surface area contributed by atoms with Crippen molar-refractivity contribution in [1.29, 1.82) is 0 Å². The molecule has 17 heavy (non-hydrogen) atoms. The third kappa shape index (κ3) is 3.87. The van der Waals surface area contributed by atoms with Crippen molar-refractivity contribution in [2.75, 3.05) is 13.7 Å².